The van der Waals surface area contributed by atoms with Gasteiger partial charge < -0.3 is 4.57 Å². The Labute approximate surface area is 64.8 Å². The molecule has 4 heteroatoms. The Kier molecular flexibility index (Phi) is 2.10. The van der Waals surface area contributed by atoms with Gasteiger partial charge in [0.05, 0.1) is 0 Å². The fourth-order valence-electron chi connectivity index (χ4n) is 0.727. The number of hydrogen-bond donors (Lipinski definition) is 0. The average Bonchev–Trinajstić information content (AvgIpc) is 1.86. The van der Waals surface area contributed by atoms with Gasteiger partial charge in [-0.25, -0.2) is 4.98 Å². The average molecular weight is 173 g/mol. The van der Waals surface area contributed by atoms with E-state index < -0.39 is 13.1 Å². The first-order chi connectivity index (χ1) is 5.00. The van der Waals surface area contributed by atoms with E-state index in [4.69, 9.17) is 0 Å². The van der Waals surface area contributed by atoms with Crippen LogP contribution in [0.3, 0.4) is 0 Å². The van der Waals surface area contributed by atoms with Crippen LogP contribution in [0.1, 0.15) is 0 Å². The molecule has 0 spiro atoms. The first-order valence-corrected chi connectivity index (χ1v) is 5.77. The van der Waals surface area contributed by atoms with E-state index in [9.17, 15) is 8.96 Å². The lowest BCUT2D eigenvalue weighted by atomic mass is 10.5. The summed E-state index contributed by atoms with van der Waals surface area (Å²) in [6, 6.07) is 2.78. The second-order valence-corrected chi connectivity index (χ2v) is 5.91. The molecular formula is C7H9FNOP. The molecule has 11 heavy (non-hydrogen) atoms. The minimum Gasteiger partial charge on any atom is -0.319 e. The monoisotopic (exact) mass is 173 g/mol. The maximum atomic E-state index is 12.5. The van der Waals surface area contributed by atoms with Crippen LogP contribution in [0.4, 0.5) is 4.39 Å². The molecule has 0 radical (unpaired) electrons. The quantitative estimate of drug-likeness (QED) is 0.475. The zero-order valence-electron chi connectivity index (χ0n) is 6.41. The summed E-state index contributed by atoms with van der Waals surface area (Å²) in [5, 5.41) is 0.532. The molecule has 0 atom stereocenters. The van der Waals surface area contributed by atoms with Crippen molar-refractivity contribution in [3.05, 3.63) is 24.3 Å². The molecule has 1 aromatic rings. The SMILES string of the molecule is CP(C)(=O)c1ccnc(F)c1. The lowest BCUT2D eigenvalue weighted by Gasteiger charge is -2.04. The molecular weight excluding hydrogens is 164 g/mol. The van der Waals surface area contributed by atoms with Crippen LogP contribution >= 0.6 is 7.14 Å². The van der Waals surface area contributed by atoms with E-state index in [2.05, 4.69) is 4.98 Å². The fourth-order valence-corrected chi connectivity index (χ4v) is 1.57. The molecule has 0 aliphatic heterocycles. The first kappa shape index (κ1) is 8.41. The molecule has 0 unspecified atom stereocenters. The van der Waals surface area contributed by atoms with Crippen LogP contribution in [0.15, 0.2) is 18.3 Å². The molecule has 2 nitrogen and oxygen atoms in total. The van der Waals surface area contributed by atoms with E-state index in [1.807, 2.05) is 0 Å². The van der Waals surface area contributed by atoms with Gasteiger partial charge in [0, 0.05) is 17.6 Å². The van der Waals surface area contributed by atoms with Crippen molar-refractivity contribution in [2.24, 2.45) is 0 Å². The number of nitrogens with zero attached hydrogens (tertiary/aromatic N) is 1. The van der Waals surface area contributed by atoms with E-state index >= 15 is 0 Å². The summed E-state index contributed by atoms with van der Waals surface area (Å²) in [4.78, 5) is 3.37. The molecule has 0 saturated heterocycles. The van der Waals surface area contributed by atoms with Crippen molar-refractivity contribution < 1.29 is 8.96 Å². The zero-order valence-corrected chi connectivity index (χ0v) is 7.31. The minimum absolute atomic E-state index is 0.532. The highest BCUT2D eigenvalue weighted by atomic mass is 31.2. The molecule has 1 rings (SSSR count). The van der Waals surface area contributed by atoms with Gasteiger partial charge in [-0.3, -0.25) is 0 Å². The Bertz CT molecular complexity index is 307. The van der Waals surface area contributed by atoms with Crippen molar-refractivity contribution in [2.75, 3.05) is 13.3 Å². The maximum Gasteiger partial charge on any atom is 0.213 e. The predicted molar refractivity (Wildman–Crippen MR) is 43.3 cm³/mol. The van der Waals surface area contributed by atoms with Gasteiger partial charge in [-0.1, -0.05) is 0 Å². The largest absolute Gasteiger partial charge is 0.319 e. The van der Waals surface area contributed by atoms with E-state index in [1.54, 1.807) is 19.4 Å². The number of hydrogen-bond acceptors (Lipinski definition) is 2. The molecule has 0 N–H and O–H groups in total. The Morgan fingerprint density at radius 2 is 2.18 bits per heavy atom. The highest BCUT2D eigenvalue weighted by Crippen LogP contribution is 2.33. The van der Waals surface area contributed by atoms with Gasteiger partial charge >= 0.3 is 0 Å². The summed E-state index contributed by atoms with van der Waals surface area (Å²) in [5.74, 6) is -0.577. The molecule has 0 fully saturated rings. The third kappa shape index (κ3) is 2.12. The smallest absolute Gasteiger partial charge is 0.213 e. The topological polar surface area (TPSA) is 30.0 Å². The molecule has 0 aliphatic carbocycles. The molecule has 0 saturated carbocycles. The van der Waals surface area contributed by atoms with Gasteiger partial charge in [0.2, 0.25) is 5.95 Å². The number of rotatable bonds is 1. The van der Waals surface area contributed by atoms with Crippen LogP contribution in [-0.4, -0.2) is 18.3 Å². The maximum absolute atomic E-state index is 12.5. The van der Waals surface area contributed by atoms with Crippen LogP contribution in [0, 0.1) is 5.95 Å². The lowest BCUT2D eigenvalue weighted by molar-refractivity contribution is 0.580. The second kappa shape index (κ2) is 2.74. The minimum atomic E-state index is -2.33. The summed E-state index contributed by atoms with van der Waals surface area (Å²) in [6.45, 7) is 3.20. The van der Waals surface area contributed by atoms with Crippen LogP contribution in [-0.2, 0) is 4.57 Å². The fraction of sp³-hybridized carbons (Fsp3) is 0.286. The molecule has 0 bridgehead atoms. The lowest BCUT2D eigenvalue weighted by Crippen LogP contribution is -2.03. The normalized spacial score (nSPS) is 11.5. The summed E-state index contributed by atoms with van der Waals surface area (Å²) >= 11 is 0. The molecule has 1 aromatic heterocycles. The van der Waals surface area contributed by atoms with Crippen molar-refractivity contribution in [3.63, 3.8) is 0 Å². The summed E-state index contributed by atoms with van der Waals surface area (Å²) in [5.41, 5.74) is 0. The first-order valence-electron chi connectivity index (χ1n) is 3.17. The molecule has 0 aliphatic rings. The standard InChI is InChI=1S/C7H9FNOP/c1-11(2,10)6-3-4-9-7(8)5-6/h3-5H,1-2H3. The molecule has 60 valence electrons. The Morgan fingerprint density at radius 1 is 1.55 bits per heavy atom. The van der Waals surface area contributed by atoms with Gasteiger partial charge in [-0.05, 0) is 19.4 Å². The molecule has 0 amide bonds. The van der Waals surface area contributed by atoms with Crippen LogP contribution in [0.2, 0.25) is 0 Å². The number of aromatic nitrogens is 1. The second-order valence-electron chi connectivity index (χ2n) is 2.69. The molecule has 0 aromatic carbocycles. The summed E-state index contributed by atoms with van der Waals surface area (Å²) in [6.07, 6.45) is 1.32. The Hall–Kier alpha value is -0.690. The van der Waals surface area contributed by atoms with Gasteiger partial charge in [0.1, 0.15) is 7.14 Å². The van der Waals surface area contributed by atoms with Crippen molar-refractivity contribution in [2.45, 2.75) is 0 Å². The summed E-state index contributed by atoms with van der Waals surface area (Å²) in [7, 11) is -2.33. The zero-order chi connectivity index (χ0) is 8.48. The van der Waals surface area contributed by atoms with Gasteiger partial charge in [-0.2, -0.15) is 4.39 Å². The number of pyridine rings is 1. The Balaban J connectivity index is 3.17. The predicted octanol–water partition coefficient (Wildman–Crippen LogP) is 1.47. The van der Waals surface area contributed by atoms with E-state index in [-0.39, 0.29) is 0 Å². The van der Waals surface area contributed by atoms with Crippen molar-refractivity contribution >= 4 is 12.4 Å². The van der Waals surface area contributed by atoms with Crippen LogP contribution in [0.25, 0.3) is 0 Å². The third-order valence-electron chi connectivity index (χ3n) is 1.33. The number of halogens is 1. The van der Waals surface area contributed by atoms with Crippen LogP contribution in [0.5, 0.6) is 0 Å². The van der Waals surface area contributed by atoms with E-state index in [0.717, 1.165) is 0 Å². The van der Waals surface area contributed by atoms with Crippen molar-refractivity contribution in [1.29, 1.82) is 0 Å². The van der Waals surface area contributed by atoms with Gasteiger partial charge in [-0.15, -0.1) is 0 Å². The van der Waals surface area contributed by atoms with Crippen molar-refractivity contribution in [3.8, 4) is 0 Å². The van der Waals surface area contributed by atoms with E-state index in [1.165, 1.54) is 12.3 Å². The van der Waals surface area contributed by atoms with E-state index in [0.29, 0.717) is 5.30 Å². The van der Waals surface area contributed by atoms with Gasteiger partial charge in [0.25, 0.3) is 0 Å². The summed E-state index contributed by atoms with van der Waals surface area (Å²) < 4.78 is 23.8. The van der Waals surface area contributed by atoms with Crippen LogP contribution < -0.4 is 5.30 Å². The Morgan fingerprint density at radius 3 is 2.55 bits per heavy atom. The molecule has 1 heterocycles. The highest BCUT2D eigenvalue weighted by Gasteiger charge is 2.10. The van der Waals surface area contributed by atoms with Crippen molar-refractivity contribution in [1.82, 2.24) is 4.98 Å². The van der Waals surface area contributed by atoms with Gasteiger partial charge in [0.15, 0.2) is 0 Å². The third-order valence-corrected chi connectivity index (χ3v) is 2.85. The highest BCUT2D eigenvalue weighted by molar-refractivity contribution is 7.70.